The standard InChI is InChI=1S/C15H13F4NO/c1-20-14(12-6-5-10(16)8-13(12)17)9-3-2-4-11(7-9)21-15(18)19/h2-8,14-15,20H,1H3. The third-order valence-electron chi connectivity index (χ3n) is 2.98. The van der Waals surface area contributed by atoms with Gasteiger partial charge in [0.15, 0.2) is 0 Å². The highest BCUT2D eigenvalue weighted by Crippen LogP contribution is 2.27. The van der Waals surface area contributed by atoms with Crippen molar-refractivity contribution in [3.8, 4) is 5.75 Å². The van der Waals surface area contributed by atoms with Crippen LogP contribution in [0.25, 0.3) is 0 Å². The van der Waals surface area contributed by atoms with Gasteiger partial charge in [0.1, 0.15) is 17.4 Å². The quantitative estimate of drug-likeness (QED) is 0.846. The van der Waals surface area contributed by atoms with Crippen LogP contribution in [0.15, 0.2) is 42.5 Å². The van der Waals surface area contributed by atoms with Crippen molar-refractivity contribution < 1.29 is 22.3 Å². The van der Waals surface area contributed by atoms with E-state index in [-0.39, 0.29) is 11.3 Å². The van der Waals surface area contributed by atoms with Gasteiger partial charge in [-0.2, -0.15) is 8.78 Å². The summed E-state index contributed by atoms with van der Waals surface area (Å²) in [6, 6.07) is 8.56. The van der Waals surface area contributed by atoms with Gasteiger partial charge >= 0.3 is 6.61 Å². The van der Waals surface area contributed by atoms with Crippen LogP contribution in [0.3, 0.4) is 0 Å². The third-order valence-corrected chi connectivity index (χ3v) is 2.98. The summed E-state index contributed by atoms with van der Waals surface area (Å²) in [5.74, 6) is -1.42. The van der Waals surface area contributed by atoms with Crippen LogP contribution in [0.4, 0.5) is 17.6 Å². The van der Waals surface area contributed by atoms with Gasteiger partial charge < -0.3 is 10.1 Å². The Morgan fingerprint density at radius 3 is 2.43 bits per heavy atom. The van der Waals surface area contributed by atoms with Crippen molar-refractivity contribution in [3.63, 3.8) is 0 Å². The number of ether oxygens (including phenoxy) is 1. The molecule has 0 spiro atoms. The number of hydrogen-bond acceptors (Lipinski definition) is 2. The lowest BCUT2D eigenvalue weighted by atomic mass is 9.98. The molecule has 0 fully saturated rings. The lowest BCUT2D eigenvalue weighted by Crippen LogP contribution is -2.19. The fourth-order valence-electron chi connectivity index (χ4n) is 2.11. The molecule has 2 aromatic rings. The van der Waals surface area contributed by atoms with Gasteiger partial charge in [-0.25, -0.2) is 8.78 Å². The first-order valence-corrected chi connectivity index (χ1v) is 6.18. The van der Waals surface area contributed by atoms with Gasteiger partial charge in [-0.3, -0.25) is 0 Å². The molecular weight excluding hydrogens is 286 g/mol. The predicted octanol–water partition coefficient (Wildman–Crippen LogP) is 3.88. The van der Waals surface area contributed by atoms with E-state index in [1.54, 1.807) is 13.1 Å². The average Bonchev–Trinajstić information content (AvgIpc) is 2.41. The predicted molar refractivity (Wildman–Crippen MR) is 70.3 cm³/mol. The second-order valence-electron chi connectivity index (χ2n) is 4.34. The Hall–Kier alpha value is -2.08. The highest BCUT2D eigenvalue weighted by molar-refractivity contribution is 5.37. The summed E-state index contributed by atoms with van der Waals surface area (Å²) in [6.07, 6.45) is 0. The molecule has 0 heterocycles. The van der Waals surface area contributed by atoms with Crippen LogP contribution >= 0.6 is 0 Å². The Morgan fingerprint density at radius 1 is 1.05 bits per heavy atom. The normalized spacial score (nSPS) is 12.5. The molecule has 1 atom stereocenters. The minimum absolute atomic E-state index is 0.0229. The maximum Gasteiger partial charge on any atom is 0.387 e. The zero-order valence-corrected chi connectivity index (χ0v) is 11.1. The Labute approximate surface area is 119 Å². The Morgan fingerprint density at radius 2 is 1.81 bits per heavy atom. The number of halogens is 4. The van der Waals surface area contributed by atoms with E-state index < -0.39 is 24.3 Å². The van der Waals surface area contributed by atoms with Crippen molar-refractivity contribution in [3.05, 3.63) is 65.2 Å². The first-order valence-electron chi connectivity index (χ1n) is 6.18. The number of nitrogens with one attached hydrogen (secondary N) is 1. The van der Waals surface area contributed by atoms with Gasteiger partial charge in [0.2, 0.25) is 0 Å². The molecule has 0 radical (unpaired) electrons. The Balaban J connectivity index is 2.37. The summed E-state index contributed by atoms with van der Waals surface area (Å²) >= 11 is 0. The van der Waals surface area contributed by atoms with E-state index in [9.17, 15) is 17.6 Å². The monoisotopic (exact) mass is 299 g/mol. The molecule has 0 aromatic heterocycles. The molecule has 0 bridgehead atoms. The molecule has 0 saturated heterocycles. The second kappa shape index (κ2) is 6.58. The molecule has 2 rings (SSSR count). The van der Waals surface area contributed by atoms with Crippen LogP contribution in [-0.2, 0) is 0 Å². The van der Waals surface area contributed by atoms with Crippen molar-refractivity contribution in [2.75, 3.05) is 7.05 Å². The zero-order chi connectivity index (χ0) is 15.4. The van der Waals surface area contributed by atoms with E-state index in [1.165, 1.54) is 24.3 Å². The third kappa shape index (κ3) is 3.72. The Kier molecular flexibility index (Phi) is 4.80. The van der Waals surface area contributed by atoms with Crippen molar-refractivity contribution >= 4 is 0 Å². The van der Waals surface area contributed by atoms with Gasteiger partial charge in [0.25, 0.3) is 0 Å². The highest BCUT2D eigenvalue weighted by atomic mass is 19.3. The average molecular weight is 299 g/mol. The number of alkyl halides is 2. The van der Waals surface area contributed by atoms with E-state index in [2.05, 4.69) is 10.1 Å². The minimum Gasteiger partial charge on any atom is -0.435 e. The second-order valence-corrected chi connectivity index (χ2v) is 4.34. The van der Waals surface area contributed by atoms with E-state index in [0.29, 0.717) is 5.56 Å². The molecule has 0 aliphatic rings. The maximum atomic E-state index is 13.9. The van der Waals surface area contributed by atoms with Crippen LogP contribution in [0.1, 0.15) is 17.2 Å². The first-order chi connectivity index (χ1) is 10.0. The van der Waals surface area contributed by atoms with Crippen molar-refractivity contribution in [1.29, 1.82) is 0 Å². The van der Waals surface area contributed by atoms with Crippen LogP contribution in [-0.4, -0.2) is 13.7 Å². The van der Waals surface area contributed by atoms with Crippen LogP contribution in [0.2, 0.25) is 0 Å². The van der Waals surface area contributed by atoms with Crippen molar-refractivity contribution in [2.45, 2.75) is 12.7 Å². The molecule has 0 saturated carbocycles. The van der Waals surface area contributed by atoms with Gasteiger partial charge in [0, 0.05) is 11.6 Å². The maximum absolute atomic E-state index is 13.9. The lowest BCUT2D eigenvalue weighted by Gasteiger charge is -2.18. The summed E-state index contributed by atoms with van der Waals surface area (Å²) in [4.78, 5) is 0. The summed E-state index contributed by atoms with van der Waals surface area (Å²) < 4.78 is 55.6. The highest BCUT2D eigenvalue weighted by Gasteiger charge is 2.17. The molecule has 6 heteroatoms. The zero-order valence-electron chi connectivity index (χ0n) is 11.1. The fraction of sp³-hybridized carbons (Fsp3) is 0.200. The number of rotatable bonds is 5. The molecule has 21 heavy (non-hydrogen) atoms. The Bertz CT molecular complexity index is 618. The minimum atomic E-state index is -2.93. The summed E-state index contributed by atoms with van der Waals surface area (Å²) in [7, 11) is 1.59. The SMILES string of the molecule is CNC(c1cccc(OC(F)F)c1)c1ccc(F)cc1F. The first kappa shape index (κ1) is 15.3. The summed E-state index contributed by atoms with van der Waals surface area (Å²) in [5, 5.41) is 2.87. The molecule has 1 unspecified atom stereocenters. The molecular formula is C15H13F4NO. The smallest absolute Gasteiger partial charge is 0.387 e. The lowest BCUT2D eigenvalue weighted by molar-refractivity contribution is -0.0498. The van der Waals surface area contributed by atoms with Gasteiger partial charge in [0.05, 0.1) is 6.04 Å². The van der Waals surface area contributed by atoms with Gasteiger partial charge in [-0.15, -0.1) is 0 Å². The molecule has 1 N–H and O–H groups in total. The van der Waals surface area contributed by atoms with Crippen LogP contribution in [0.5, 0.6) is 5.75 Å². The van der Waals surface area contributed by atoms with Gasteiger partial charge in [-0.1, -0.05) is 18.2 Å². The van der Waals surface area contributed by atoms with E-state index >= 15 is 0 Å². The fourth-order valence-corrected chi connectivity index (χ4v) is 2.11. The molecule has 0 aliphatic carbocycles. The molecule has 2 nitrogen and oxygen atoms in total. The van der Waals surface area contributed by atoms with E-state index in [4.69, 9.17) is 0 Å². The van der Waals surface area contributed by atoms with Crippen molar-refractivity contribution in [1.82, 2.24) is 5.32 Å². The van der Waals surface area contributed by atoms with Gasteiger partial charge in [-0.05, 0) is 30.8 Å². The van der Waals surface area contributed by atoms with Crippen LogP contribution in [0, 0.1) is 11.6 Å². The molecule has 2 aromatic carbocycles. The molecule has 0 amide bonds. The number of benzene rings is 2. The molecule has 0 aliphatic heterocycles. The van der Waals surface area contributed by atoms with Crippen molar-refractivity contribution in [2.24, 2.45) is 0 Å². The molecule has 112 valence electrons. The summed E-state index contributed by atoms with van der Waals surface area (Å²) in [6.45, 7) is -2.93. The van der Waals surface area contributed by atoms with E-state index in [0.717, 1.165) is 12.1 Å². The topological polar surface area (TPSA) is 21.3 Å². The largest absolute Gasteiger partial charge is 0.435 e. The summed E-state index contributed by atoms with van der Waals surface area (Å²) in [5.41, 5.74) is 0.745. The van der Waals surface area contributed by atoms with E-state index in [1.807, 2.05) is 0 Å². The van der Waals surface area contributed by atoms with Crippen LogP contribution < -0.4 is 10.1 Å². The number of hydrogen-bond donors (Lipinski definition) is 1.